The van der Waals surface area contributed by atoms with Crippen LogP contribution in [0.4, 0.5) is 0 Å². The van der Waals surface area contributed by atoms with Gasteiger partial charge in [-0.1, -0.05) is 146 Å². The summed E-state index contributed by atoms with van der Waals surface area (Å²) >= 11 is 1.85. The minimum absolute atomic E-state index is 0.911. The Kier molecular flexibility index (Phi) is 6.12. The molecule has 0 atom stereocenters. The molecule has 0 bridgehead atoms. The van der Waals surface area contributed by atoms with Gasteiger partial charge in [0.2, 0.25) is 0 Å². The fourth-order valence-electron chi connectivity index (χ4n) is 7.56. The van der Waals surface area contributed by atoms with Gasteiger partial charge in [-0.2, -0.15) is 0 Å². The summed E-state index contributed by atoms with van der Waals surface area (Å²) in [5.74, 6) is 0.913. The Hall–Kier alpha value is -5.96. The minimum atomic E-state index is 0.911. The molecule has 0 aliphatic rings. The van der Waals surface area contributed by atoms with E-state index in [0.29, 0.717) is 0 Å². The average Bonchev–Trinajstić information content (AvgIpc) is 3.71. The summed E-state index contributed by atoms with van der Waals surface area (Å²) in [5, 5.41) is 8.71. The van der Waals surface area contributed by atoms with Crippen molar-refractivity contribution in [2.45, 2.75) is 0 Å². The van der Waals surface area contributed by atoms with Crippen molar-refractivity contribution in [2.75, 3.05) is 0 Å². The van der Waals surface area contributed by atoms with E-state index in [1.807, 2.05) is 11.3 Å². The van der Waals surface area contributed by atoms with E-state index < -0.39 is 0 Å². The van der Waals surface area contributed by atoms with Gasteiger partial charge in [0.1, 0.15) is 11.3 Å². The minimum Gasteiger partial charge on any atom is -0.455 e. The van der Waals surface area contributed by atoms with Crippen molar-refractivity contribution < 1.29 is 4.42 Å². The Morgan fingerprint density at radius 2 is 0.792 bits per heavy atom. The lowest BCUT2D eigenvalue weighted by Crippen LogP contribution is -1.90. The van der Waals surface area contributed by atoms with Gasteiger partial charge in [-0.15, -0.1) is 11.3 Å². The Morgan fingerprint density at radius 1 is 0.312 bits per heavy atom. The van der Waals surface area contributed by atoms with Crippen LogP contribution in [0.1, 0.15) is 0 Å². The zero-order chi connectivity index (χ0) is 31.6. The zero-order valence-electron chi connectivity index (χ0n) is 26.0. The van der Waals surface area contributed by atoms with Crippen LogP contribution in [0.25, 0.3) is 97.4 Å². The SMILES string of the molecule is c1ccc(-c2oc3cc4c(cc3c2-c2ccccc2)sc2ccc(-c3c5ccccc5c(-c5ccccc5)c5ccccc35)cc24)cc1. The standard InChI is InChI=1S/C46H28OS/c1-4-14-29(15-5-1)43-33-20-10-12-22-35(33)44(36-23-13-11-21-34(36)43)32-24-25-41-37(26-32)38-27-40-39(28-42(38)48-41)45(30-16-6-2-7-17-30)46(47-40)31-18-8-3-9-19-31/h1-28H. The van der Waals surface area contributed by atoms with E-state index in [4.69, 9.17) is 4.42 Å². The Bertz CT molecular complexity index is 2750. The van der Waals surface area contributed by atoms with Crippen molar-refractivity contribution in [1.82, 2.24) is 0 Å². The summed E-state index contributed by atoms with van der Waals surface area (Å²) in [6, 6.07) is 61.2. The van der Waals surface area contributed by atoms with Crippen LogP contribution in [0.3, 0.4) is 0 Å². The number of hydrogen-bond donors (Lipinski definition) is 0. The van der Waals surface area contributed by atoms with Gasteiger partial charge in [0.05, 0.1) is 0 Å². The highest BCUT2D eigenvalue weighted by Gasteiger charge is 2.21. The van der Waals surface area contributed by atoms with Crippen molar-refractivity contribution in [2.24, 2.45) is 0 Å². The van der Waals surface area contributed by atoms with Crippen LogP contribution in [0.5, 0.6) is 0 Å². The molecular formula is C46H28OS. The fraction of sp³-hybridized carbons (Fsp3) is 0. The van der Waals surface area contributed by atoms with Gasteiger partial charge in [-0.25, -0.2) is 0 Å². The number of furan rings is 1. The molecule has 0 fully saturated rings. The van der Waals surface area contributed by atoms with Gasteiger partial charge >= 0.3 is 0 Å². The molecule has 0 N–H and O–H groups in total. The van der Waals surface area contributed by atoms with Gasteiger partial charge in [0.25, 0.3) is 0 Å². The number of thiophene rings is 1. The van der Waals surface area contributed by atoms with E-state index >= 15 is 0 Å². The first kappa shape index (κ1) is 27.2. The summed E-state index contributed by atoms with van der Waals surface area (Å²) in [4.78, 5) is 0. The summed E-state index contributed by atoms with van der Waals surface area (Å²) in [6.45, 7) is 0. The molecule has 0 saturated heterocycles. The summed E-state index contributed by atoms with van der Waals surface area (Å²) in [6.07, 6.45) is 0. The van der Waals surface area contributed by atoms with Crippen molar-refractivity contribution in [3.05, 3.63) is 170 Å². The fourth-order valence-corrected chi connectivity index (χ4v) is 8.67. The van der Waals surface area contributed by atoms with E-state index in [-0.39, 0.29) is 0 Å². The predicted octanol–water partition coefficient (Wildman–Crippen LogP) is 13.8. The quantitative estimate of drug-likeness (QED) is 0.177. The number of benzene rings is 8. The number of rotatable bonds is 4. The maximum Gasteiger partial charge on any atom is 0.143 e. The molecule has 0 radical (unpaired) electrons. The van der Waals surface area contributed by atoms with Gasteiger partial charge in [0, 0.05) is 36.7 Å². The molecule has 2 heterocycles. The van der Waals surface area contributed by atoms with Crippen LogP contribution < -0.4 is 0 Å². The number of hydrogen-bond acceptors (Lipinski definition) is 2. The van der Waals surface area contributed by atoms with Gasteiger partial charge < -0.3 is 4.42 Å². The second kappa shape index (κ2) is 10.8. The van der Waals surface area contributed by atoms with Crippen LogP contribution >= 0.6 is 11.3 Å². The first-order valence-corrected chi connectivity index (χ1v) is 17.2. The maximum absolute atomic E-state index is 6.76. The molecule has 0 spiro atoms. The highest BCUT2D eigenvalue weighted by atomic mass is 32.1. The average molecular weight is 629 g/mol. The van der Waals surface area contributed by atoms with E-state index in [0.717, 1.165) is 33.4 Å². The van der Waals surface area contributed by atoms with E-state index in [2.05, 4.69) is 170 Å². The van der Waals surface area contributed by atoms with Crippen LogP contribution in [0.2, 0.25) is 0 Å². The molecular weight excluding hydrogens is 601 g/mol. The van der Waals surface area contributed by atoms with Gasteiger partial charge in [-0.05, 0) is 73.6 Å². The largest absolute Gasteiger partial charge is 0.455 e. The molecule has 2 heteroatoms. The van der Waals surface area contributed by atoms with E-state index in [1.165, 1.54) is 64.0 Å². The van der Waals surface area contributed by atoms with E-state index in [1.54, 1.807) is 0 Å². The third-order valence-corrected chi connectivity index (χ3v) is 10.8. The van der Waals surface area contributed by atoms with Crippen molar-refractivity contribution in [3.8, 4) is 44.7 Å². The second-order valence-electron chi connectivity index (χ2n) is 12.4. The monoisotopic (exact) mass is 628 g/mol. The van der Waals surface area contributed by atoms with Crippen LogP contribution in [0.15, 0.2) is 174 Å². The Balaban J connectivity index is 1.24. The molecule has 0 aliphatic heterocycles. The van der Waals surface area contributed by atoms with Gasteiger partial charge in [0.15, 0.2) is 0 Å². The van der Waals surface area contributed by atoms with Crippen LogP contribution in [-0.2, 0) is 0 Å². The smallest absolute Gasteiger partial charge is 0.143 e. The summed E-state index contributed by atoms with van der Waals surface area (Å²) < 4.78 is 9.30. The van der Waals surface area contributed by atoms with Crippen LogP contribution in [-0.4, -0.2) is 0 Å². The molecule has 0 saturated carbocycles. The van der Waals surface area contributed by atoms with Crippen molar-refractivity contribution in [3.63, 3.8) is 0 Å². The van der Waals surface area contributed by atoms with Crippen LogP contribution in [0, 0.1) is 0 Å². The lowest BCUT2D eigenvalue weighted by atomic mass is 9.86. The molecule has 10 rings (SSSR count). The maximum atomic E-state index is 6.76. The van der Waals surface area contributed by atoms with Crippen molar-refractivity contribution >= 4 is 64.0 Å². The third kappa shape index (κ3) is 4.17. The molecule has 224 valence electrons. The first-order chi connectivity index (χ1) is 23.8. The van der Waals surface area contributed by atoms with E-state index in [9.17, 15) is 0 Å². The topological polar surface area (TPSA) is 13.1 Å². The molecule has 2 aromatic heterocycles. The lowest BCUT2D eigenvalue weighted by Gasteiger charge is -2.17. The Morgan fingerprint density at radius 3 is 1.38 bits per heavy atom. The molecule has 0 unspecified atom stereocenters. The predicted molar refractivity (Wildman–Crippen MR) is 206 cm³/mol. The van der Waals surface area contributed by atoms with Crippen molar-refractivity contribution in [1.29, 1.82) is 0 Å². The summed E-state index contributed by atoms with van der Waals surface area (Å²) in [5.41, 5.74) is 9.33. The molecule has 0 amide bonds. The molecule has 1 nitrogen and oxygen atoms in total. The molecule has 10 aromatic rings. The van der Waals surface area contributed by atoms with Gasteiger partial charge in [-0.3, -0.25) is 0 Å². The lowest BCUT2D eigenvalue weighted by molar-refractivity contribution is 0.633. The zero-order valence-corrected chi connectivity index (χ0v) is 26.8. The normalized spacial score (nSPS) is 11.8. The third-order valence-electron chi connectivity index (χ3n) is 9.66. The first-order valence-electron chi connectivity index (χ1n) is 16.3. The second-order valence-corrected chi connectivity index (χ2v) is 13.5. The molecule has 48 heavy (non-hydrogen) atoms. The molecule has 8 aromatic carbocycles. The summed E-state index contributed by atoms with van der Waals surface area (Å²) in [7, 11) is 0. The molecule has 0 aliphatic carbocycles. The number of fused-ring (bicyclic) bond motifs is 6. The highest BCUT2D eigenvalue weighted by molar-refractivity contribution is 7.25. The Labute approximate surface area is 282 Å². The highest BCUT2D eigenvalue weighted by Crippen LogP contribution is 2.47.